The highest BCUT2D eigenvalue weighted by atomic mass is 79.9. The Bertz CT molecular complexity index is 578. The van der Waals surface area contributed by atoms with E-state index in [1.54, 1.807) is 0 Å². The van der Waals surface area contributed by atoms with Gasteiger partial charge in [0, 0.05) is 22.9 Å². The van der Waals surface area contributed by atoms with Crippen molar-refractivity contribution in [2.24, 2.45) is 0 Å². The monoisotopic (exact) mass is 383 g/mol. The molecule has 1 aliphatic carbocycles. The maximum absolute atomic E-state index is 14.0. The Labute approximate surface area is 132 Å². The highest BCUT2D eigenvalue weighted by molar-refractivity contribution is 9.10. The molecule has 1 aromatic carbocycles. The van der Waals surface area contributed by atoms with Crippen LogP contribution in [0.15, 0.2) is 27.6 Å². The molecule has 0 saturated heterocycles. The van der Waals surface area contributed by atoms with Gasteiger partial charge in [0.1, 0.15) is 10.7 Å². The van der Waals surface area contributed by atoms with Crippen LogP contribution < -0.4 is 0 Å². The quantitative estimate of drug-likeness (QED) is 0.700. The lowest BCUT2D eigenvalue weighted by Crippen LogP contribution is -2.45. The Morgan fingerprint density at radius 1 is 1.40 bits per heavy atom. The average Bonchev–Trinajstić information content (AvgIpc) is 2.31. The van der Waals surface area contributed by atoms with Crippen LogP contribution in [0.5, 0.6) is 0 Å². The van der Waals surface area contributed by atoms with Crippen LogP contribution in [0, 0.1) is 5.82 Å². The van der Waals surface area contributed by atoms with E-state index in [2.05, 4.69) is 15.9 Å². The van der Waals surface area contributed by atoms with E-state index in [1.165, 1.54) is 22.5 Å². The third kappa shape index (κ3) is 3.35. The average molecular weight is 385 g/mol. The lowest BCUT2D eigenvalue weighted by atomic mass is 9.93. The smallest absolute Gasteiger partial charge is 0.207 e. The SMILES string of the molecule is O=S(=O)(c1ccc(Br)cc1F)N(CCCCl)C1CCC1. The highest BCUT2D eigenvalue weighted by Crippen LogP contribution is 2.31. The molecule has 0 unspecified atom stereocenters. The van der Waals surface area contributed by atoms with Gasteiger partial charge in [-0.2, -0.15) is 4.31 Å². The highest BCUT2D eigenvalue weighted by Gasteiger charge is 2.35. The van der Waals surface area contributed by atoms with Crippen LogP contribution in [0.2, 0.25) is 0 Å². The van der Waals surface area contributed by atoms with Crippen molar-refractivity contribution in [2.45, 2.75) is 36.6 Å². The van der Waals surface area contributed by atoms with Crippen molar-refractivity contribution in [2.75, 3.05) is 12.4 Å². The van der Waals surface area contributed by atoms with Gasteiger partial charge in [0.25, 0.3) is 0 Å². The van der Waals surface area contributed by atoms with Crippen molar-refractivity contribution in [1.82, 2.24) is 4.31 Å². The van der Waals surface area contributed by atoms with Crippen LogP contribution in [0.1, 0.15) is 25.7 Å². The number of nitrogens with zero attached hydrogens (tertiary/aromatic N) is 1. The largest absolute Gasteiger partial charge is 0.246 e. The summed E-state index contributed by atoms with van der Waals surface area (Å²) in [4.78, 5) is -0.262. The molecular formula is C13H16BrClFNO2S. The lowest BCUT2D eigenvalue weighted by molar-refractivity contribution is 0.219. The summed E-state index contributed by atoms with van der Waals surface area (Å²) in [5.41, 5.74) is 0. The van der Waals surface area contributed by atoms with E-state index in [4.69, 9.17) is 11.6 Å². The zero-order valence-electron chi connectivity index (χ0n) is 10.9. The van der Waals surface area contributed by atoms with Crippen LogP contribution in [0.25, 0.3) is 0 Å². The molecule has 1 aromatic rings. The van der Waals surface area contributed by atoms with E-state index in [-0.39, 0.29) is 10.9 Å². The number of alkyl halides is 1. The van der Waals surface area contributed by atoms with Crippen molar-refractivity contribution in [3.8, 4) is 0 Å². The van der Waals surface area contributed by atoms with Crippen LogP contribution in [-0.2, 0) is 10.0 Å². The fourth-order valence-electron chi connectivity index (χ4n) is 2.20. The summed E-state index contributed by atoms with van der Waals surface area (Å²) < 4.78 is 41.1. The topological polar surface area (TPSA) is 37.4 Å². The second-order valence-electron chi connectivity index (χ2n) is 4.82. The number of sulfonamides is 1. The van der Waals surface area contributed by atoms with Gasteiger partial charge in [-0.15, -0.1) is 11.6 Å². The van der Waals surface area contributed by atoms with Crippen LogP contribution in [0.3, 0.4) is 0 Å². The molecule has 1 fully saturated rings. The first-order valence-corrected chi connectivity index (χ1v) is 9.26. The molecule has 20 heavy (non-hydrogen) atoms. The number of rotatable bonds is 6. The van der Waals surface area contributed by atoms with Gasteiger partial charge in [-0.25, -0.2) is 12.8 Å². The summed E-state index contributed by atoms with van der Waals surface area (Å²) in [5, 5.41) is 0. The van der Waals surface area contributed by atoms with Gasteiger partial charge < -0.3 is 0 Å². The zero-order valence-corrected chi connectivity index (χ0v) is 14.0. The number of halogens is 3. The molecule has 112 valence electrons. The first-order valence-electron chi connectivity index (χ1n) is 6.49. The molecule has 7 heteroatoms. The molecule has 0 aliphatic heterocycles. The zero-order chi connectivity index (χ0) is 14.8. The lowest BCUT2D eigenvalue weighted by Gasteiger charge is -2.36. The molecule has 0 radical (unpaired) electrons. The van der Waals surface area contributed by atoms with Crippen molar-refractivity contribution >= 4 is 37.6 Å². The van der Waals surface area contributed by atoms with Gasteiger partial charge in [-0.05, 0) is 37.5 Å². The molecule has 2 rings (SSSR count). The molecule has 0 heterocycles. The van der Waals surface area contributed by atoms with Gasteiger partial charge >= 0.3 is 0 Å². The van der Waals surface area contributed by atoms with E-state index < -0.39 is 15.8 Å². The molecular weight excluding hydrogens is 369 g/mol. The summed E-state index contributed by atoms with van der Waals surface area (Å²) in [6.45, 7) is 0.339. The Morgan fingerprint density at radius 3 is 2.60 bits per heavy atom. The predicted octanol–water partition coefficient (Wildman–Crippen LogP) is 3.76. The van der Waals surface area contributed by atoms with E-state index in [9.17, 15) is 12.8 Å². The molecule has 0 amide bonds. The second-order valence-corrected chi connectivity index (χ2v) is 7.97. The van der Waals surface area contributed by atoms with Crippen molar-refractivity contribution in [1.29, 1.82) is 0 Å². The first-order chi connectivity index (χ1) is 9.46. The maximum Gasteiger partial charge on any atom is 0.246 e. The molecule has 0 spiro atoms. The molecule has 0 N–H and O–H groups in total. The molecule has 0 bridgehead atoms. The molecule has 0 atom stereocenters. The van der Waals surface area contributed by atoms with Gasteiger partial charge in [0.05, 0.1) is 0 Å². The van der Waals surface area contributed by atoms with Crippen LogP contribution in [-0.4, -0.2) is 31.2 Å². The summed E-state index contributed by atoms with van der Waals surface area (Å²) in [5.74, 6) is -0.337. The van der Waals surface area contributed by atoms with Crippen LogP contribution in [0.4, 0.5) is 4.39 Å². The van der Waals surface area contributed by atoms with E-state index in [0.29, 0.717) is 23.3 Å². The number of hydrogen-bond donors (Lipinski definition) is 0. The van der Waals surface area contributed by atoms with Gasteiger partial charge in [-0.3, -0.25) is 0 Å². The summed E-state index contributed by atoms with van der Waals surface area (Å²) in [6.07, 6.45) is 3.25. The van der Waals surface area contributed by atoms with Gasteiger partial charge in [0.15, 0.2) is 0 Å². The minimum Gasteiger partial charge on any atom is -0.207 e. The molecule has 0 aromatic heterocycles. The Balaban J connectivity index is 2.33. The third-order valence-corrected chi connectivity index (χ3v) is 6.22. The Kier molecular flexibility index (Phi) is 5.45. The summed E-state index contributed by atoms with van der Waals surface area (Å²) in [6, 6.07) is 4.00. The predicted molar refractivity (Wildman–Crippen MR) is 81.0 cm³/mol. The minimum atomic E-state index is -3.80. The number of benzene rings is 1. The van der Waals surface area contributed by atoms with Gasteiger partial charge in [0.2, 0.25) is 10.0 Å². The summed E-state index contributed by atoms with van der Waals surface area (Å²) >= 11 is 8.79. The Morgan fingerprint density at radius 2 is 2.10 bits per heavy atom. The van der Waals surface area contributed by atoms with E-state index >= 15 is 0 Å². The summed E-state index contributed by atoms with van der Waals surface area (Å²) in [7, 11) is -3.80. The van der Waals surface area contributed by atoms with E-state index in [1.807, 2.05) is 0 Å². The maximum atomic E-state index is 14.0. The fourth-order valence-corrected chi connectivity index (χ4v) is 4.42. The third-order valence-electron chi connectivity index (χ3n) is 3.47. The molecule has 1 saturated carbocycles. The molecule has 1 aliphatic rings. The standard InChI is InChI=1S/C13H16BrClFNO2S/c14-10-5-6-13(12(16)9-10)20(18,19)17(8-2-7-15)11-3-1-4-11/h5-6,9,11H,1-4,7-8H2. The normalized spacial score (nSPS) is 16.4. The Hall–Kier alpha value is -0.170. The van der Waals surface area contributed by atoms with Crippen molar-refractivity contribution in [3.05, 3.63) is 28.5 Å². The van der Waals surface area contributed by atoms with Crippen LogP contribution >= 0.6 is 27.5 Å². The fraction of sp³-hybridized carbons (Fsp3) is 0.538. The second kappa shape index (κ2) is 6.73. The number of hydrogen-bond acceptors (Lipinski definition) is 2. The van der Waals surface area contributed by atoms with Crippen molar-refractivity contribution < 1.29 is 12.8 Å². The molecule has 3 nitrogen and oxygen atoms in total. The van der Waals surface area contributed by atoms with E-state index in [0.717, 1.165) is 19.3 Å². The van der Waals surface area contributed by atoms with Gasteiger partial charge in [-0.1, -0.05) is 22.4 Å². The first kappa shape index (κ1) is 16.2. The van der Waals surface area contributed by atoms with Crippen molar-refractivity contribution in [3.63, 3.8) is 0 Å². The minimum absolute atomic E-state index is 0.0220.